The molecule has 1 nitrogen and oxygen atoms in total. The quantitative estimate of drug-likeness (QED) is 0.521. The van der Waals surface area contributed by atoms with E-state index in [0.717, 1.165) is 22.8 Å². The molecule has 1 N–H and O–H groups in total. The molecule has 2 rings (SSSR count). The standard InChI is InChI=1S/C21H30O/c1-3-4-5-6-7-8-9-10-11-18-13-15-19-14-12-17(2)21(22)20(19)16-18/h12-16,22H,3-11H2,1-2H3. The zero-order chi connectivity index (χ0) is 15.8. The lowest BCUT2D eigenvalue weighted by Gasteiger charge is -2.07. The molecule has 0 aliphatic rings. The average Bonchev–Trinajstić information content (AvgIpc) is 2.54. The molecular formula is C21H30O. The summed E-state index contributed by atoms with van der Waals surface area (Å²) in [5.41, 5.74) is 2.30. The van der Waals surface area contributed by atoms with Crippen molar-refractivity contribution in [3.8, 4) is 5.75 Å². The molecule has 0 spiro atoms. The van der Waals surface area contributed by atoms with Gasteiger partial charge in [-0.3, -0.25) is 0 Å². The van der Waals surface area contributed by atoms with E-state index in [2.05, 4.69) is 31.2 Å². The van der Waals surface area contributed by atoms with E-state index in [9.17, 15) is 5.11 Å². The van der Waals surface area contributed by atoms with Crippen LogP contribution in [0.15, 0.2) is 30.3 Å². The van der Waals surface area contributed by atoms with Crippen LogP contribution in [0.2, 0.25) is 0 Å². The summed E-state index contributed by atoms with van der Waals surface area (Å²) in [6.45, 7) is 4.23. The van der Waals surface area contributed by atoms with Gasteiger partial charge in [-0.05, 0) is 42.3 Å². The van der Waals surface area contributed by atoms with E-state index in [1.165, 1.54) is 56.9 Å². The predicted octanol–water partition coefficient (Wildman–Crippen LogP) is 6.54. The van der Waals surface area contributed by atoms with E-state index < -0.39 is 0 Å². The van der Waals surface area contributed by atoms with Crippen LogP contribution in [-0.4, -0.2) is 5.11 Å². The summed E-state index contributed by atoms with van der Waals surface area (Å²) in [4.78, 5) is 0. The van der Waals surface area contributed by atoms with Crippen LogP contribution in [0.3, 0.4) is 0 Å². The van der Waals surface area contributed by atoms with E-state index in [1.54, 1.807) is 0 Å². The molecule has 0 atom stereocenters. The maximum absolute atomic E-state index is 10.2. The zero-order valence-corrected chi connectivity index (χ0v) is 14.2. The zero-order valence-electron chi connectivity index (χ0n) is 14.2. The van der Waals surface area contributed by atoms with Crippen LogP contribution in [0.1, 0.15) is 69.4 Å². The van der Waals surface area contributed by atoms with Gasteiger partial charge in [0.15, 0.2) is 0 Å². The van der Waals surface area contributed by atoms with Crippen LogP contribution in [0.4, 0.5) is 0 Å². The molecule has 0 aliphatic carbocycles. The molecule has 2 aromatic carbocycles. The van der Waals surface area contributed by atoms with Crippen molar-refractivity contribution in [3.63, 3.8) is 0 Å². The van der Waals surface area contributed by atoms with Gasteiger partial charge in [0.05, 0.1) is 0 Å². The van der Waals surface area contributed by atoms with Crippen LogP contribution >= 0.6 is 0 Å². The van der Waals surface area contributed by atoms with Crippen molar-refractivity contribution in [2.75, 3.05) is 0 Å². The molecule has 0 aromatic heterocycles. The monoisotopic (exact) mass is 298 g/mol. The number of hydrogen-bond donors (Lipinski definition) is 1. The Bertz CT molecular complexity index is 586. The lowest BCUT2D eigenvalue weighted by molar-refractivity contribution is 0.477. The number of hydrogen-bond acceptors (Lipinski definition) is 1. The highest BCUT2D eigenvalue weighted by Crippen LogP contribution is 2.29. The average molecular weight is 298 g/mol. The molecule has 0 radical (unpaired) electrons. The molecule has 0 fully saturated rings. The van der Waals surface area contributed by atoms with Crippen molar-refractivity contribution in [1.29, 1.82) is 0 Å². The normalized spacial score (nSPS) is 11.2. The van der Waals surface area contributed by atoms with Gasteiger partial charge in [0.1, 0.15) is 5.75 Å². The predicted molar refractivity (Wildman–Crippen MR) is 96.7 cm³/mol. The second-order valence-corrected chi connectivity index (χ2v) is 6.51. The van der Waals surface area contributed by atoms with Gasteiger partial charge in [0.25, 0.3) is 0 Å². The summed E-state index contributed by atoms with van der Waals surface area (Å²) < 4.78 is 0. The molecular weight excluding hydrogens is 268 g/mol. The van der Waals surface area contributed by atoms with Gasteiger partial charge in [-0.15, -0.1) is 0 Å². The van der Waals surface area contributed by atoms with Crippen LogP contribution in [0.25, 0.3) is 10.8 Å². The van der Waals surface area contributed by atoms with Crippen molar-refractivity contribution in [2.24, 2.45) is 0 Å². The van der Waals surface area contributed by atoms with Crippen LogP contribution in [0.5, 0.6) is 5.75 Å². The topological polar surface area (TPSA) is 20.2 Å². The minimum absolute atomic E-state index is 0.440. The molecule has 0 saturated heterocycles. The highest BCUT2D eigenvalue weighted by Gasteiger charge is 2.04. The summed E-state index contributed by atoms with van der Waals surface area (Å²) in [7, 11) is 0. The number of rotatable bonds is 9. The van der Waals surface area contributed by atoms with Gasteiger partial charge in [-0.1, -0.05) is 76.1 Å². The third-order valence-electron chi connectivity index (χ3n) is 4.58. The minimum atomic E-state index is 0.440. The van der Waals surface area contributed by atoms with Gasteiger partial charge in [-0.25, -0.2) is 0 Å². The molecule has 0 unspecified atom stereocenters. The number of benzene rings is 2. The Labute approximate surface area is 135 Å². The Morgan fingerprint density at radius 3 is 2.18 bits per heavy atom. The van der Waals surface area contributed by atoms with E-state index in [1.807, 2.05) is 13.0 Å². The first kappa shape index (κ1) is 16.9. The largest absolute Gasteiger partial charge is 0.507 e. The van der Waals surface area contributed by atoms with Gasteiger partial charge in [-0.2, -0.15) is 0 Å². The van der Waals surface area contributed by atoms with Gasteiger partial charge in [0, 0.05) is 5.39 Å². The Kier molecular flexibility index (Phi) is 6.76. The molecule has 2 aromatic rings. The maximum Gasteiger partial charge on any atom is 0.126 e. The van der Waals surface area contributed by atoms with Gasteiger partial charge >= 0.3 is 0 Å². The Balaban J connectivity index is 1.79. The fraction of sp³-hybridized carbons (Fsp3) is 0.524. The van der Waals surface area contributed by atoms with Crippen molar-refractivity contribution >= 4 is 10.8 Å². The van der Waals surface area contributed by atoms with E-state index in [-0.39, 0.29) is 0 Å². The third kappa shape index (κ3) is 4.76. The molecule has 0 saturated carbocycles. The third-order valence-corrected chi connectivity index (χ3v) is 4.58. The maximum atomic E-state index is 10.2. The highest BCUT2D eigenvalue weighted by atomic mass is 16.3. The molecule has 22 heavy (non-hydrogen) atoms. The summed E-state index contributed by atoms with van der Waals surface area (Å²) in [6, 6.07) is 10.6. The highest BCUT2D eigenvalue weighted by molar-refractivity contribution is 5.89. The molecule has 0 amide bonds. The summed E-state index contributed by atoms with van der Waals surface area (Å²) in [6.07, 6.45) is 12.0. The fourth-order valence-electron chi connectivity index (χ4n) is 3.08. The van der Waals surface area contributed by atoms with Crippen molar-refractivity contribution in [3.05, 3.63) is 41.5 Å². The smallest absolute Gasteiger partial charge is 0.126 e. The fourth-order valence-corrected chi connectivity index (χ4v) is 3.08. The first-order valence-corrected chi connectivity index (χ1v) is 8.93. The Morgan fingerprint density at radius 1 is 0.818 bits per heavy atom. The van der Waals surface area contributed by atoms with Gasteiger partial charge < -0.3 is 5.11 Å². The van der Waals surface area contributed by atoms with E-state index in [0.29, 0.717) is 5.75 Å². The number of aryl methyl sites for hydroxylation is 2. The van der Waals surface area contributed by atoms with Crippen molar-refractivity contribution in [2.45, 2.75) is 71.6 Å². The Morgan fingerprint density at radius 2 is 1.45 bits per heavy atom. The van der Waals surface area contributed by atoms with Crippen molar-refractivity contribution < 1.29 is 5.11 Å². The number of aromatic hydroxyl groups is 1. The van der Waals surface area contributed by atoms with E-state index >= 15 is 0 Å². The molecule has 0 heterocycles. The van der Waals surface area contributed by atoms with Crippen LogP contribution < -0.4 is 0 Å². The first-order valence-electron chi connectivity index (χ1n) is 8.93. The molecule has 120 valence electrons. The van der Waals surface area contributed by atoms with E-state index in [4.69, 9.17) is 0 Å². The van der Waals surface area contributed by atoms with Crippen molar-refractivity contribution in [1.82, 2.24) is 0 Å². The number of fused-ring (bicyclic) bond motifs is 1. The molecule has 1 heteroatoms. The number of phenols is 1. The van der Waals surface area contributed by atoms with Crippen LogP contribution in [0, 0.1) is 6.92 Å². The first-order chi connectivity index (χ1) is 10.7. The number of phenolic OH excluding ortho intramolecular Hbond substituents is 1. The lowest BCUT2D eigenvalue weighted by atomic mass is 9.99. The minimum Gasteiger partial charge on any atom is -0.507 e. The summed E-state index contributed by atoms with van der Waals surface area (Å²) >= 11 is 0. The second kappa shape index (κ2) is 8.82. The molecule has 0 bridgehead atoms. The second-order valence-electron chi connectivity index (χ2n) is 6.51. The van der Waals surface area contributed by atoms with Crippen LogP contribution in [-0.2, 0) is 6.42 Å². The SMILES string of the molecule is CCCCCCCCCCc1ccc2ccc(C)c(O)c2c1. The Hall–Kier alpha value is -1.50. The van der Waals surface area contributed by atoms with Gasteiger partial charge in [0.2, 0.25) is 0 Å². The lowest BCUT2D eigenvalue weighted by Crippen LogP contribution is -1.88. The molecule has 0 aliphatic heterocycles. The summed E-state index contributed by atoms with van der Waals surface area (Å²) in [5, 5.41) is 12.3. The number of unbranched alkanes of at least 4 members (excludes halogenated alkanes) is 7. The summed E-state index contributed by atoms with van der Waals surface area (Å²) in [5.74, 6) is 0.440.